The molecule has 1 N–H and O–H groups in total. The van der Waals surface area contributed by atoms with Crippen molar-refractivity contribution < 1.29 is 9.59 Å². The van der Waals surface area contributed by atoms with Crippen molar-refractivity contribution in [1.29, 1.82) is 5.26 Å². The molecule has 0 aliphatic carbocycles. The lowest BCUT2D eigenvalue weighted by atomic mass is 9.92. The minimum atomic E-state index is -0.0468. The highest BCUT2D eigenvalue weighted by Gasteiger charge is 2.24. The summed E-state index contributed by atoms with van der Waals surface area (Å²) in [5.41, 5.74) is 2.90. The fourth-order valence-corrected chi connectivity index (χ4v) is 5.61. The number of hydrogen-bond acceptors (Lipinski definition) is 5. The van der Waals surface area contributed by atoms with Crippen LogP contribution < -0.4 is 5.32 Å². The first-order chi connectivity index (χ1) is 16.6. The van der Waals surface area contributed by atoms with Crippen LogP contribution in [0.25, 0.3) is 11.7 Å². The molecule has 0 bridgehead atoms. The second kappa shape index (κ2) is 9.74. The molecule has 0 unspecified atom stereocenters. The molecule has 2 amide bonds. The second-order valence-electron chi connectivity index (χ2n) is 8.68. The van der Waals surface area contributed by atoms with E-state index >= 15 is 0 Å². The van der Waals surface area contributed by atoms with Crippen LogP contribution >= 0.6 is 11.8 Å². The predicted molar refractivity (Wildman–Crippen MR) is 131 cm³/mol. The number of pyridine rings is 1. The van der Waals surface area contributed by atoms with E-state index in [4.69, 9.17) is 5.26 Å². The highest BCUT2D eigenvalue weighted by Crippen LogP contribution is 2.34. The van der Waals surface area contributed by atoms with Gasteiger partial charge in [0.15, 0.2) is 0 Å². The second-order valence-corrected chi connectivity index (χ2v) is 9.74. The van der Waals surface area contributed by atoms with Crippen molar-refractivity contribution in [2.75, 3.05) is 19.6 Å². The summed E-state index contributed by atoms with van der Waals surface area (Å²) in [6.45, 7) is 2.10. The Morgan fingerprint density at radius 2 is 2.00 bits per heavy atom. The maximum absolute atomic E-state index is 12.7. The van der Waals surface area contributed by atoms with Crippen molar-refractivity contribution in [2.45, 2.75) is 30.7 Å². The molecule has 4 heterocycles. The third-order valence-corrected chi connectivity index (χ3v) is 7.50. The molecule has 5 rings (SSSR count). The molecule has 0 spiro atoms. The number of likely N-dealkylation sites (tertiary alicyclic amines) is 1. The van der Waals surface area contributed by atoms with E-state index < -0.39 is 0 Å². The Morgan fingerprint density at radius 3 is 2.82 bits per heavy atom. The molecule has 3 aromatic rings. The molecule has 0 atom stereocenters. The Balaban J connectivity index is 1.06. The lowest BCUT2D eigenvalue weighted by molar-refractivity contribution is -0.116. The number of rotatable bonds is 6. The van der Waals surface area contributed by atoms with Crippen molar-refractivity contribution in [3.8, 4) is 6.07 Å². The topological polar surface area (TPSA) is 90.5 Å². The van der Waals surface area contributed by atoms with Crippen LogP contribution in [-0.4, -0.2) is 45.7 Å². The normalized spacial score (nSPS) is 15.6. The van der Waals surface area contributed by atoms with Crippen molar-refractivity contribution in [3.63, 3.8) is 0 Å². The van der Waals surface area contributed by atoms with Crippen molar-refractivity contribution in [1.82, 2.24) is 19.6 Å². The van der Waals surface area contributed by atoms with Gasteiger partial charge in [0.1, 0.15) is 5.65 Å². The van der Waals surface area contributed by atoms with Crippen LogP contribution in [0.5, 0.6) is 0 Å². The summed E-state index contributed by atoms with van der Waals surface area (Å²) < 4.78 is 2.05. The number of benzene rings is 1. The van der Waals surface area contributed by atoms with Crippen molar-refractivity contribution in [3.05, 3.63) is 70.4 Å². The number of carbonyl (C=O) groups excluding carboxylic acids is 2. The number of hydrogen-bond donors (Lipinski definition) is 1. The number of thioether (sulfide) groups is 1. The van der Waals surface area contributed by atoms with E-state index in [1.165, 1.54) is 11.8 Å². The van der Waals surface area contributed by atoms with Crippen LogP contribution in [0.15, 0.2) is 58.6 Å². The summed E-state index contributed by atoms with van der Waals surface area (Å²) >= 11 is 1.47. The SMILES string of the molecule is N#Cc1cccc(C(=O)N2CCC(CCCNC(=O)C3=Cc4cnc5cccc(n45)S3)CC2)c1. The molecule has 0 radical (unpaired) electrons. The molecule has 7 nitrogen and oxygen atoms in total. The quantitative estimate of drug-likeness (QED) is 0.547. The Hall–Kier alpha value is -3.57. The summed E-state index contributed by atoms with van der Waals surface area (Å²) in [6, 6.07) is 14.9. The van der Waals surface area contributed by atoms with E-state index in [0.717, 1.165) is 55.1 Å². The largest absolute Gasteiger partial charge is 0.352 e. The van der Waals surface area contributed by atoms with Gasteiger partial charge < -0.3 is 10.2 Å². The molecule has 34 heavy (non-hydrogen) atoms. The van der Waals surface area contributed by atoms with Gasteiger partial charge in [-0.3, -0.25) is 14.0 Å². The van der Waals surface area contributed by atoms with Crippen LogP contribution in [-0.2, 0) is 4.79 Å². The Kier molecular flexibility index (Phi) is 6.37. The molecule has 8 heteroatoms. The van der Waals surface area contributed by atoms with Gasteiger partial charge in [-0.1, -0.05) is 23.9 Å². The van der Waals surface area contributed by atoms with Gasteiger partial charge in [0, 0.05) is 25.2 Å². The van der Waals surface area contributed by atoms with Gasteiger partial charge in [0.2, 0.25) is 0 Å². The first kappa shape index (κ1) is 22.2. The number of amides is 2. The maximum Gasteiger partial charge on any atom is 0.258 e. The maximum atomic E-state index is 12.7. The fraction of sp³-hybridized carbons (Fsp3) is 0.308. The molecule has 1 aromatic carbocycles. The molecule has 1 saturated heterocycles. The van der Waals surface area contributed by atoms with E-state index in [2.05, 4.69) is 20.8 Å². The van der Waals surface area contributed by atoms with Crippen LogP contribution in [0.2, 0.25) is 0 Å². The molecule has 2 aromatic heterocycles. The van der Waals surface area contributed by atoms with Gasteiger partial charge >= 0.3 is 0 Å². The summed E-state index contributed by atoms with van der Waals surface area (Å²) in [5, 5.41) is 13.1. The van der Waals surface area contributed by atoms with E-state index in [1.807, 2.05) is 29.2 Å². The number of nitrogens with one attached hydrogen (secondary N) is 1. The van der Waals surface area contributed by atoms with Crippen molar-refractivity contribution >= 4 is 35.3 Å². The minimum Gasteiger partial charge on any atom is -0.352 e. The van der Waals surface area contributed by atoms with Crippen molar-refractivity contribution in [2.24, 2.45) is 5.92 Å². The average Bonchev–Trinajstić information content (AvgIpc) is 3.31. The third kappa shape index (κ3) is 4.57. The molecular weight excluding hydrogens is 446 g/mol. The van der Waals surface area contributed by atoms with E-state index in [-0.39, 0.29) is 11.8 Å². The smallest absolute Gasteiger partial charge is 0.258 e. The third-order valence-electron chi connectivity index (χ3n) is 6.45. The lowest BCUT2D eigenvalue weighted by Crippen LogP contribution is -2.38. The zero-order valence-electron chi connectivity index (χ0n) is 18.7. The number of nitrogens with zero attached hydrogens (tertiary/aromatic N) is 4. The molecule has 172 valence electrons. The Morgan fingerprint density at radius 1 is 1.18 bits per heavy atom. The van der Waals surface area contributed by atoms with E-state index in [0.29, 0.717) is 28.5 Å². The first-order valence-electron chi connectivity index (χ1n) is 11.6. The fourth-order valence-electron chi connectivity index (χ4n) is 4.61. The Bertz CT molecular complexity index is 1310. The summed E-state index contributed by atoms with van der Waals surface area (Å²) in [5.74, 6) is 0.509. The highest BCUT2D eigenvalue weighted by atomic mass is 32.2. The van der Waals surface area contributed by atoms with Gasteiger partial charge in [0.25, 0.3) is 11.8 Å². The zero-order chi connectivity index (χ0) is 23.5. The molecule has 2 aliphatic heterocycles. The summed E-state index contributed by atoms with van der Waals surface area (Å²) in [7, 11) is 0. The highest BCUT2D eigenvalue weighted by molar-refractivity contribution is 8.04. The first-order valence-corrected chi connectivity index (χ1v) is 12.4. The molecule has 0 saturated carbocycles. The van der Waals surface area contributed by atoms with Gasteiger partial charge in [-0.15, -0.1) is 0 Å². The summed E-state index contributed by atoms with van der Waals surface area (Å²) in [6.07, 6.45) is 7.57. The standard InChI is InChI=1S/C26H25N5O2S/c27-16-19-4-1-6-20(14-19)26(33)30-12-9-18(10-13-30)5-3-11-28-25(32)22-15-21-17-29-23-7-2-8-24(34-22)31(21)23/h1-2,4,6-8,14-15,17-18H,3,5,9-13H2,(H,28,32). The average molecular weight is 472 g/mol. The van der Waals surface area contributed by atoms with Crippen LogP contribution in [0.1, 0.15) is 47.3 Å². The number of aromatic nitrogens is 2. The van der Waals surface area contributed by atoms with Crippen LogP contribution in [0.3, 0.4) is 0 Å². The number of imidazole rings is 1. The molecule has 2 aliphatic rings. The zero-order valence-corrected chi connectivity index (χ0v) is 19.6. The lowest BCUT2D eigenvalue weighted by Gasteiger charge is -2.32. The van der Waals surface area contributed by atoms with E-state index in [9.17, 15) is 9.59 Å². The van der Waals surface area contributed by atoms with Gasteiger partial charge in [0.05, 0.1) is 33.5 Å². The van der Waals surface area contributed by atoms with E-state index in [1.54, 1.807) is 30.5 Å². The summed E-state index contributed by atoms with van der Waals surface area (Å²) in [4.78, 5) is 32.4. The van der Waals surface area contributed by atoms with Gasteiger partial charge in [-0.25, -0.2) is 4.98 Å². The number of piperidine rings is 1. The Labute approximate surface area is 202 Å². The predicted octanol–water partition coefficient (Wildman–Crippen LogP) is 4.10. The van der Waals surface area contributed by atoms with Gasteiger partial charge in [-0.05, 0) is 68.0 Å². The number of carbonyl (C=O) groups is 2. The van der Waals surface area contributed by atoms with Gasteiger partial charge in [-0.2, -0.15) is 5.26 Å². The van der Waals surface area contributed by atoms with Crippen LogP contribution in [0.4, 0.5) is 0 Å². The monoisotopic (exact) mass is 471 g/mol. The number of nitriles is 1. The molecule has 1 fully saturated rings. The van der Waals surface area contributed by atoms with Crippen LogP contribution in [0, 0.1) is 17.2 Å². The minimum absolute atomic E-state index is 0.00175. The molecular formula is C26H25N5O2S.